The Hall–Kier alpha value is -2.63. The largest absolute Gasteiger partial charge is 0.488 e. The van der Waals surface area contributed by atoms with Crippen molar-refractivity contribution in [2.45, 2.75) is 38.6 Å². The number of benzene rings is 2. The third-order valence-electron chi connectivity index (χ3n) is 4.30. The number of aliphatic hydroxyl groups excluding tert-OH is 1. The number of hydrogen-bond acceptors (Lipinski definition) is 5. The Kier molecular flexibility index (Phi) is 5.11. The molecule has 136 valence electrons. The maximum atomic E-state index is 11.7. The molecular formula is C21H22O5. The van der Waals surface area contributed by atoms with E-state index < -0.39 is 17.3 Å². The van der Waals surface area contributed by atoms with Gasteiger partial charge in [-0.15, -0.1) is 0 Å². The normalized spacial score (nSPS) is 12.9. The van der Waals surface area contributed by atoms with Crippen LogP contribution in [0.25, 0.3) is 11.0 Å². The molecule has 0 spiro atoms. The molecule has 1 atom stereocenters. The van der Waals surface area contributed by atoms with E-state index in [4.69, 9.17) is 9.15 Å². The molecule has 5 heteroatoms. The van der Waals surface area contributed by atoms with Crippen LogP contribution in [0.3, 0.4) is 0 Å². The Labute approximate surface area is 151 Å². The average molecular weight is 354 g/mol. The lowest BCUT2D eigenvalue weighted by atomic mass is 9.94. The second kappa shape index (κ2) is 7.32. The van der Waals surface area contributed by atoms with Gasteiger partial charge in [0.05, 0.1) is 11.7 Å². The van der Waals surface area contributed by atoms with Crippen molar-refractivity contribution in [2.75, 3.05) is 0 Å². The van der Waals surface area contributed by atoms with Crippen molar-refractivity contribution < 1.29 is 19.4 Å². The smallest absolute Gasteiger partial charge is 0.336 e. The fraction of sp³-hybridized carbons (Fsp3) is 0.286. The van der Waals surface area contributed by atoms with Gasteiger partial charge in [-0.2, -0.15) is 0 Å². The Morgan fingerprint density at radius 1 is 1.08 bits per heavy atom. The van der Waals surface area contributed by atoms with Crippen molar-refractivity contribution in [1.82, 2.24) is 0 Å². The Balaban J connectivity index is 2.00. The minimum absolute atomic E-state index is 0.0952. The molecule has 0 saturated carbocycles. The standard InChI is InChI=1S/C21H22O5/c1-21(2,24)18(22)12-16-17(25-13-14-6-4-3-5-7-14)10-8-15-9-11-19(23)26-20(15)16/h3-11,18,22,24H,12-13H2,1-2H3/t18-/m0/s1. The summed E-state index contributed by atoms with van der Waals surface area (Å²) in [5.74, 6) is 0.513. The van der Waals surface area contributed by atoms with Gasteiger partial charge in [0.25, 0.3) is 0 Å². The molecule has 0 bridgehead atoms. The van der Waals surface area contributed by atoms with Crippen LogP contribution in [0.2, 0.25) is 0 Å². The molecule has 0 aliphatic heterocycles. The quantitative estimate of drug-likeness (QED) is 0.665. The minimum Gasteiger partial charge on any atom is -0.488 e. The van der Waals surface area contributed by atoms with E-state index in [1.807, 2.05) is 30.3 Å². The maximum Gasteiger partial charge on any atom is 0.336 e. The first-order valence-corrected chi connectivity index (χ1v) is 8.47. The highest BCUT2D eigenvalue weighted by Gasteiger charge is 2.27. The van der Waals surface area contributed by atoms with Gasteiger partial charge in [0.1, 0.15) is 17.9 Å². The average Bonchev–Trinajstić information content (AvgIpc) is 2.61. The van der Waals surface area contributed by atoms with Crippen molar-refractivity contribution in [3.05, 3.63) is 76.1 Å². The van der Waals surface area contributed by atoms with Crippen molar-refractivity contribution in [1.29, 1.82) is 0 Å². The van der Waals surface area contributed by atoms with Crippen LogP contribution >= 0.6 is 0 Å². The summed E-state index contributed by atoms with van der Waals surface area (Å²) in [4.78, 5) is 11.7. The number of hydrogen-bond donors (Lipinski definition) is 2. The summed E-state index contributed by atoms with van der Waals surface area (Å²) in [7, 11) is 0. The molecule has 3 aromatic rings. The molecule has 0 aliphatic carbocycles. The highest BCUT2D eigenvalue weighted by Crippen LogP contribution is 2.30. The molecule has 0 unspecified atom stereocenters. The molecule has 0 saturated heterocycles. The van der Waals surface area contributed by atoms with E-state index in [2.05, 4.69) is 0 Å². The zero-order valence-electron chi connectivity index (χ0n) is 14.8. The van der Waals surface area contributed by atoms with Gasteiger partial charge in [-0.25, -0.2) is 4.79 Å². The van der Waals surface area contributed by atoms with Crippen molar-refractivity contribution >= 4 is 11.0 Å². The Bertz CT molecular complexity index is 938. The maximum absolute atomic E-state index is 11.7. The number of rotatable bonds is 6. The summed E-state index contributed by atoms with van der Waals surface area (Å²) in [5, 5.41) is 21.2. The van der Waals surface area contributed by atoms with Crippen LogP contribution < -0.4 is 10.4 Å². The van der Waals surface area contributed by atoms with Gasteiger partial charge in [-0.05, 0) is 37.6 Å². The summed E-state index contributed by atoms with van der Waals surface area (Å²) in [6, 6.07) is 16.3. The van der Waals surface area contributed by atoms with E-state index in [9.17, 15) is 15.0 Å². The first kappa shape index (κ1) is 18.2. The molecule has 0 fully saturated rings. The molecule has 1 heterocycles. The van der Waals surface area contributed by atoms with Crippen LogP contribution in [0.4, 0.5) is 0 Å². The zero-order valence-corrected chi connectivity index (χ0v) is 14.8. The minimum atomic E-state index is -1.30. The van der Waals surface area contributed by atoms with Crippen molar-refractivity contribution in [3.8, 4) is 5.75 Å². The monoisotopic (exact) mass is 354 g/mol. The van der Waals surface area contributed by atoms with Gasteiger partial charge in [0.15, 0.2) is 0 Å². The molecule has 0 radical (unpaired) electrons. The van der Waals surface area contributed by atoms with E-state index >= 15 is 0 Å². The first-order chi connectivity index (χ1) is 12.3. The summed E-state index contributed by atoms with van der Waals surface area (Å²) < 4.78 is 11.3. The Morgan fingerprint density at radius 3 is 2.46 bits per heavy atom. The lowest BCUT2D eigenvalue weighted by Gasteiger charge is -2.25. The molecule has 5 nitrogen and oxygen atoms in total. The van der Waals surface area contributed by atoms with Crippen molar-refractivity contribution in [2.24, 2.45) is 0 Å². The van der Waals surface area contributed by atoms with Crippen LogP contribution in [0.15, 0.2) is 63.8 Å². The van der Waals surface area contributed by atoms with Crippen LogP contribution in [0.1, 0.15) is 25.0 Å². The van der Waals surface area contributed by atoms with Crippen LogP contribution in [0, 0.1) is 0 Å². The third-order valence-corrected chi connectivity index (χ3v) is 4.30. The van der Waals surface area contributed by atoms with Gasteiger partial charge < -0.3 is 19.4 Å². The van der Waals surface area contributed by atoms with Crippen LogP contribution in [-0.4, -0.2) is 21.9 Å². The Morgan fingerprint density at radius 2 is 1.77 bits per heavy atom. The highest BCUT2D eigenvalue weighted by atomic mass is 16.5. The highest BCUT2D eigenvalue weighted by molar-refractivity contribution is 5.82. The van der Waals surface area contributed by atoms with Crippen LogP contribution in [-0.2, 0) is 13.0 Å². The number of ether oxygens (including phenoxy) is 1. The fourth-order valence-corrected chi connectivity index (χ4v) is 2.68. The third kappa shape index (κ3) is 4.12. The van der Waals surface area contributed by atoms with Gasteiger partial charge >= 0.3 is 5.63 Å². The molecule has 2 N–H and O–H groups in total. The molecule has 2 aromatic carbocycles. The van der Waals surface area contributed by atoms with E-state index in [-0.39, 0.29) is 6.42 Å². The SMILES string of the molecule is CC(C)(O)[C@@H](O)Cc1c(OCc2ccccc2)ccc2ccc(=O)oc12. The van der Waals surface area contributed by atoms with Gasteiger partial charge in [-0.1, -0.05) is 30.3 Å². The summed E-state index contributed by atoms with van der Waals surface area (Å²) in [6.45, 7) is 3.40. The van der Waals surface area contributed by atoms with Crippen molar-refractivity contribution in [3.63, 3.8) is 0 Å². The van der Waals surface area contributed by atoms with E-state index in [0.29, 0.717) is 23.5 Å². The molecule has 1 aromatic heterocycles. The predicted octanol–water partition coefficient (Wildman–Crippen LogP) is 3.05. The summed E-state index contributed by atoms with van der Waals surface area (Å²) >= 11 is 0. The summed E-state index contributed by atoms with van der Waals surface area (Å²) in [6.07, 6.45) is -0.949. The molecule has 0 amide bonds. The molecule has 3 rings (SSSR count). The van der Waals surface area contributed by atoms with Crippen LogP contribution in [0.5, 0.6) is 5.75 Å². The van der Waals surface area contributed by atoms with E-state index in [1.54, 1.807) is 18.2 Å². The predicted molar refractivity (Wildman–Crippen MR) is 99.3 cm³/mol. The zero-order chi connectivity index (χ0) is 18.7. The molecular weight excluding hydrogens is 332 g/mol. The first-order valence-electron chi connectivity index (χ1n) is 8.47. The lowest BCUT2D eigenvalue weighted by Crippen LogP contribution is -2.37. The second-order valence-electron chi connectivity index (χ2n) is 6.86. The molecule has 26 heavy (non-hydrogen) atoms. The lowest BCUT2D eigenvalue weighted by molar-refractivity contribution is -0.0471. The van der Waals surface area contributed by atoms with Gasteiger partial charge in [-0.3, -0.25) is 0 Å². The van der Waals surface area contributed by atoms with Gasteiger partial charge in [0.2, 0.25) is 0 Å². The molecule has 0 aliphatic rings. The fourth-order valence-electron chi connectivity index (χ4n) is 2.68. The number of fused-ring (bicyclic) bond motifs is 1. The number of aliphatic hydroxyl groups is 2. The van der Waals surface area contributed by atoms with Gasteiger partial charge in [0, 0.05) is 23.4 Å². The van der Waals surface area contributed by atoms with E-state index in [1.165, 1.54) is 19.9 Å². The topological polar surface area (TPSA) is 79.9 Å². The second-order valence-corrected chi connectivity index (χ2v) is 6.86. The summed E-state index contributed by atoms with van der Waals surface area (Å²) in [5.41, 5.74) is 0.151. The van der Waals surface area contributed by atoms with E-state index in [0.717, 1.165) is 10.9 Å².